The van der Waals surface area contributed by atoms with Crippen LogP contribution in [0.25, 0.3) is 0 Å². The number of rotatable bonds is 5. The van der Waals surface area contributed by atoms with Crippen molar-refractivity contribution >= 4 is 17.6 Å². The maximum atomic E-state index is 13.1. The van der Waals surface area contributed by atoms with Crippen molar-refractivity contribution in [2.75, 3.05) is 5.32 Å². The minimum atomic E-state index is -1.67. The van der Waals surface area contributed by atoms with Crippen molar-refractivity contribution in [2.45, 2.75) is 19.3 Å². The number of carboxylic acids is 1. The molecular formula is C11H10F3NO3. The lowest BCUT2D eigenvalue weighted by atomic mass is 10.2. The molecular weight excluding hydrogens is 251 g/mol. The van der Waals surface area contributed by atoms with E-state index in [1.54, 1.807) is 0 Å². The maximum Gasteiger partial charge on any atom is 0.303 e. The van der Waals surface area contributed by atoms with Gasteiger partial charge in [-0.2, -0.15) is 0 Å². The number of hydrogen-bond donors (Lipinski definition) is 2. The average Bonchev–Trinajstić information content (AvgIpc) is 2.29. The fourth-order valence-electron chi connectivity index (χ4n) is 1.24. The number of benzene rings is 1. The second-order valence-electron chi connectivity index (χ2n) is 3.52. The molecule has 1 rings (SSSR count). The molecule has 0 saturated carbocycles. The van der Waals surface area contributed by atoms with Gasteiger partial charge in [0.15, 0.2) is 17.5 Å². The SMILES string of the molecule is O=C(O)CCCC(=O)Nc1ccc(F)c(F)c1F. The molecule has 2 N–H and O–H groups in total. The van der Waals surface area contributed by atoms with Crippen molar-refractivity contribution in [2.24, 2.45) is 0 Å². The molecule has 0 fully saturated rings. The summed E-state index contributed by atoms with van der Waals surface area (Å²) in [5, 5.41) is 10.4. The topological polar surface area (TPSA) is 66.4 Å². The lowest BCUT2D eigenvalue weighted by Gasteiger charge is -2.06. The summed E-state index contributed by atoms with van der Waals surface area (Å²) in [7, 11) is 0. The van der Waals surface area contributed by atoms with Crippen molar-refractivity contribution in [1.82, 2.24) is 0 Å². The van der Waals surface area contributed by atoms with E-state index in [1.807, 2.05) is 5.32 Å². The number of nitrogens with one attached hydrogen (secondary N) is 1. The van der Waals surface area contributed by atoms with Gasteiger partial charge in [0, 0.05) is 12.8 Å². The molecule has 0 bridgehead atoms. The highest BCUT2D eigenvalue weighted by atomic mass is 19.2. The van der Waals surface area contributed by atoms with Crippen LogP contribution in [-0.2, 0) is 9.59 Å². The minimum absolute atomic E-state index is 0.0759. The van der Waals surface area contributed by atoms with Crippen molar-refractivity contribution < 1.29 is 27.9 Å². The molecule has 0 saturated heterocycles. The lowest BCUT2D eigenvalue weighted by Crippen LogP contribution is -2.13. The Morgan fingerprint density at radius 3 is 2.39 bits per heavy atom. The number of anilines is 1. The summed E-state index contributed by atoms with van der Waals surface area (Å²) in [4.78, 5) is 21.4. The van der Waals surface area contributed by atoms with Gasteiger partial charge in [0.2, 0.25) is 5.91 Å². The van der Waals surface area contributed by atoms with E-state index >= 15 is 0 Å². The number of carbonyl (C=O) groups is 2. The fourth-order valence-corrected chi connectivity index (χ4v) is 1.24. The van der Waals surface area contributed by atoms with E-state index in [4.69, 9.17) is 5.11 Å². The van der Waals surface area contributed by atoms with Crippen LogP contribution in [0.5, 0.6) is 0 Å². The third kappa shape index (κ3) is 3.76. The molecule has 0 unspecified atom stereocenters. The molecule has 0 aliphatic heterocycles. The Labute approximate surface area is 100 Å². The quantitative estimate of drug-likeness (QED) is 0.799. The highest BCUT2D eigenvalue weighted by Crippen LogP contribution is 2.19. The Balaban J connectivity index is 2.60. The zero-order chi connectivity index (χ0) is 13.7. The monoisotopic (exact) mass is 261 g/mol. The highest BCUT2D eigenvalue weighted by molar-refractivity contribution is 5.91. The summed E-state index contributed by atoms with van der Waals surface area (Å²) in [6.45, 7) is 0. The summed E-state index contributed by atoms with van der Waals surface area (Å²) >= 11 is 0. The zero-order valence-corrected chi connectivity index (χ0v) is 9.17. The van der Waals surface area contributed by atoms with Gasteiger partial charge >= 0.3 is 5.97 Å². The van der Waals surface area contributed by atoms with E-state index in [9.17, 15) is 22.8 Å². The fraction of sp³-hybridized carbons (Fsp3) is 0.273. The van der Waals surface area contributed by atoms with Gasteiger partial charge in [0.1, 0.15) is 0 Å². The van der Waals surface area contributed by atoms with Crippen molar-refractivity contribution in [3.8, 4) is 0 Å². The van der Waals surface area contributed by atoms with Crippen molar-refractivity contribution in [1.29, 1.82) is 0 Å². The molecule has 0 atom stereocenters. The molecule has 18 heavy (non-hydrogen) atoms. The largest absolute Gasteiger partial charge is 0.481 e. The van der Waals surface area contributed by atoms with Gasteiger partial charge in [-0.1, -0.05) is 0 Å². The molecule has 1 aromatic rings. The molecule has 1 aromatic carbocycles. The van der Waals surface area contributed by atoms with Gasteiger partial charge in [-0.25, -0.2) is 13.2 Å². The first-order chi connectivity index (χ1) is 8.41. The molecule has 0 aliphatic rings. The molecule has 0 radical (unpaired) electrons. The van der Waals surface area contributed by atoms with Crippen LogP contribution in [0.1, 0.15) is 19.3 Å². The lowest BCUT2D eigenvalue weighted by molar-refractivity contribution is -0.137. The molecule has 0 heterocycles. The molecule has 4 nitrogen and oxygen atoms in total. The van der Waals surface area contributed by atoms with Crippen LogP contribution in [-0.4, -0.2) is 17.0 Å². The van der Waals surface area contributed by atoms with Gasteiger partial charge < -0.3 is 10.4 Å². The van der Waals surface area contributed by atoms with E-state index < -0.39 is 35.0 Å². The highest BCUT2D eigenvalue weighted by Gasteiger charge is 2.15. The number of carboxylic acid groups (broad SMARTS) is 1. The predicted molar refractivity (Wildman–Crippen MR) is 56.4 cm³/mol. The summed E-state index contributed by atoms with van der Waals surface area (Å²) in [6.07, 6.45) is -0.273. The van der Waals surface area contributed by atoms with Gasteiger partial charge in [0.25, 0.3) is 0 Å². The normalized spacial score (nSPS) is 10.2. The Morgan fingerprint density at radius 1 is 1.11 bits per heavy atom. The zero-order valence-electron chi connectivity index (χ0n) is 9.17. The van der Waals surface area contributed by atoms with Gasteiger partial charge in [-0.05, 0) is 18.6 Å². The third-order valence-electron chi connectivity index (χ3n) is 2.10. The first kappa shape index (κ1) is 14.0. The second-order valence-corrected chi connectivity index (χ2v) is 3.52. The van der Waals surface area contributed by atoms with Crippen LogP contribution in [0.4, 0.5) is 18.9 Å². The summed E-state index contributed by atoms with van der Waals surface area (Å²) < 4.78 is 38.6. The smallest absolute Gasteiger partial charge is 0.303 e. The molecule has 0 spiro atoms. The Bertz CT molecular complexity index is 477. The Kier molecular flexibility index (Phi) is 4.70. The van der Waals surface area contributed by atoms with Crippen molar-refractivity contribution in [3.05, 3.63) is 29.6 Å². The molecule has 7 heteroatoms. The van der Waals surface area contributed by atoms with Crippen LogP contribution in [0.2, 0.25) is 0 Å². The molecule has 0 aliphatic carbocycles. The number of amides is 1. The second kappa shape index (κ2) is 6.04. The van der Waals surface area contributed by atoms with Crippen LogP contribution in [0, 0.1) is 17.5 Å². The van der Waals surface area contributed by atoms with Gasteiger partial charge in [-0.15, -0.1) is 0 Å². The van der Waals surface area contributed by atoms with Crippen LogP contribution < -0.4 is 5.32 Å². The Morgan fingerprint density at radius 2 is 1.78 bits per heavy atom. The van der Waals surface area contributed by atoms with E-state index in [0.717, 1.165) is 6.07 Å². The number of carbonyl (C=O) groups excluding carboxylic acids is 1. The molecule has 0 aromatic heterocycles. The van der Waals surface area contributed by atoms with Gasteiger partial charge in [-0.3, -0.25) is 9.59 Å². The first-order valence-electron chi connectivity index (χ1n) is 5.07. The maximum absolute atomic E-state index is 13.1. The van der Waals surface area contributed by atoms with E-state index in [-0.39, 0.29) is 19.3 Å². The van der Waals surface area contributed by atoms with Gasteiger partial charge in [0.05, 0.1) is 5.69 Å². The Hall–Kier alpha value is -2.05. The number of hydrogen-bond acceptors (Lipinski definition) is 2. The van der Waals surface area contributed by atoms with Crippen molar-refractivity contribution in [3.63, 3.8) is 0 Å². The minimum Gasteiger partial charge on any atom is -0.481 e. The summed E-state index contributed by atoms with van der Waals surface area (Å²) in [5.74, 6) is -6.22. The summed E-state index contributed by atoms with van der Waals surface area (Å²) in [5.41, 5.74) is -0.478. The predicted octanol–water partition coefficient (Wildman–Crippen LogP) is 2.30. The average molecular weight is 261 g/mol. The number of halogens is 3. The summed E-state index contributed by atoms with van der Waals surface area (Å²) in [6, 6.07) is 1.58. The standard InChI is InChI=1S/C11H10F3NO3/c12-6-4-5-7(11(14)10(6)13)15-8(16)2-1-3-9(17)18/h4-5H,1-3H2,(H,15,16)(H,17,18). The van der Waals surface area contributed by atoms with E-state index in [2.05, 4.69) is 0 Å². The third-order valence-corrected chi connectivity index (χ3v) is 2.10. The van der Waals surface area contributed by atoms with Crippen LogP contribution in [0.3, 0.4) is 0 Å². The van der Waals surface area contributed by atoms with Crippen LogP contribution in [0.15, 0.2) is 12.1 Å². The van der Waals surface area contributed by atoms with E-state index in [1.165, 1.54) is 0 Å². The molecule has 1 amide bonds. The van der Waals surface area contributed by atoms with E-state index in [0.29, 0.717) is 6.07 Å². The molecule has 98 valence electrons. The van der Waals surface area contributed by atoms with Crippen LogP contribution >= 0.6 is 0 Å². The number of aliphatic carboxylic acids is 1. The first-order valence-corrected chi connectivity index (χ1v) is 5.07.